The Balaban J connectivity index is 2.20. The maximum atomic E-state index is 12.4. The average molecular weight is 299 g/mol. The summed E-state index contributed by atoms with van der Waals surface area (Å²) in [6.07, 6.45) is 1.89. The molecule has 6 heteroatoms. The van der Waals surface area contributed by atoms with E-state index in [9.17, 15) is 8.42 Å². The first-order valence-corrected chi connectivity index (χ1v) is 8.19. The smallest absolute Gasteiger partial charge is 0.241 e. The van der Waals surface area contributed by atoms with Crippen molar-refractivity contribution in [2.45, 2.75) is 37.7 Å². The number of sulfonamides is 1. The molecular formula is C14H21NO4S. The summed E-state index contributed by atoms with van der Waals surface area (Å²) in [5.41, 5.74) is 1.36. The molecule has 1 N–H and O–H groups in total. The van der Waals surface area contributed by atoms with Crippen LogP contribution in [0.5, 0.6) is 5.75 Å². The lowest BCUT2D eigenvalue weighted by Crippen LogP contribution is -2.32. The number of nitrogens with one attached hydrogen (secondary N) is 1. The van der Waals surface area contributed by atoms with Crippen molar-refractivity contribution in [2.24, 2.45) is 0 Å². The molecule has 0 radical (unpaired) electrons. The van der Waals surface area contributed by atoms with Gasteiger partial charge in [0.15, 0.2) is 0 Å². The summed E-state index contributed by atoms with van der Waals surface area (Å²) in [5.74, 6) is 0.665. The molecule has 0 unspecified atom stereocenters. The molecule has 1 aliphatic heterocycles. The summed E-state index contributed by atoms with van der Waals surface area (Å²) in [5, 5.41) is 0. The molecule has 0 bridgehead atoms. The van der Waals surface area contributed by atoms with Crippen molar-refractivity contribution < 1.29 is 17.9 Å². The summed E-state index contributed by atoms with van der Waals surface area (Å²) in [4.78, 5) is 0.330. The van der Waals surface area contributed by atoms with Gasteiger partial charge in [-0.25, -0.2) is 13.1 Å². The lowest BCUT2D eigenvalue weighted by atomic mass is 10.1. The third-order valence-electron chi connectivity index (χ3n) is 3.46. The van der Waals surface area contributed by atoms with Crippen molar-refractivity contribution in [2.75, 3.05) is 20.3 Å². The second kappa shape index (κ2) is 6.11. The molecule has 0 amide bonds. The Morgan fingerprint density at radius 2 is 2.00 bits per heavy atom. The van der Waals surface area contributed by atoms with Gasteiger partial charge in [0.05, 0.1) is 18.1 Å². The molecule has 1 aromatic rings. The predicted octanol–water partition coefficient (Wildman–Crippen LogP) is 1.77. The van der Waals surface area contributed by atoms with Crippen molar-refractivity contribution >= 4 is 10.0 Å². The Labute approximate surface area is 120 Å². The molecule has 0 saturated carbocycles. The lowest BCUT2D eigenvalue weighted by molar-refractivity contribution is 0.114. The number of aryl methyl sites for hydroxylation is 2. The molecule has 0 spiro atoms. The average Bonchev–Trinajstić information content (AvgIpc) is 2.88. The number of benzene rings is 1. The van der Waals surface area contributed by atoms with Crippen LogP contribution >= 0.6 is 0 Å². The van der Waals surface area contributed by atoms with E-state index < -0.39 is 10.0 Å². The number of methoxy groups -OCH3 is 1. The van der Waals surface area contributed by atoms with Crippen LogP contribution in [0.25, 0.3) is 0 Å². The van der Waals surface area contributed by atoms with Crippen molar-refractivity contribution in [3.05, 3.63) is 23.3 Å². The minimum Gasteiger partial charge on any atom is -0.497 e. The number of hydrogen-bond acceptors (Lipinski definition) is 4. The van der Waals surface area contributed by atoms with Crippen LogP contribution in [-0.4, -0.2) is 34.8 Å². The molecule has 1 fully saturated rings. The van der Waals surface area contributed by atoms with E-state index in [1.54, 1.807) is 33.1 Å². The van der Waals surface area contributed by atoms with E-state index in [0.717, 1.165) is 12.8 Å². The highest BCUT2D eigenvalue weighted by molar-refractivity contribution is 7.89. The maximum Gasteiger partial charge on any atom is 0.241 e. The largest absolute Gasteiger partial charge is 0.497 e. The van der Waals surface area contributed by atoms with Crippen molar-refractivity contribution in [3.63, 3.8) is 0 Å². The van der Waals surface area contributed by atoms with Gasteiger partial charge in [0.2, 0.25) is 10.0 Å². The quantitative estimate of drug-likeness (QED) is 0.900. The van der Waals surface area contributed by atoms with Crippen LogP contribution in [0.4, 0.5) is 0 Å². The van der Waals surface area contributed by atoms with Crippen molar-refractivity contribution in [1.82, 2.24) is 4.72 Å². The first-order valence-electron chi connectivity index (χ1n) is 6.70. The Hall–Kier alpha value is -1.11. The molecular weight excluding hydrogens is 278 g/mol. The third-order valence-corrected chi connectivity index (χ3v) is 5.19. The molecule has 1 aliphatic rings. The molecule has 1 heterocycles. The highest BCUT2D eigenvalue weighted by atomic mass is 32.2. The zero-order chi connectivity index (χ0) is 14.8. The van der Waals surface area contributed by atoms with E-state index in [1.165, 1.54) is 0 Å². The summed E-state index contributed by atoms with van der Waals surface area (Å²) < 4.78 is 38.1. The predicted molar refractivity (Wildman–Crippen MR) is 76.6 cm³/mol. The van der Waals surface area contributed by atoms with E-state index in [4.69, 9.17) is 9.47 Å². The Bertz CT molecular complexity index is 554. The molecule has 1 saturated heterocycles. The van der Waals surface area contributed by atoms with Crippen LogP contribution in [-0.2, 0) is 14.8 Å². The minimum atomic E-state index is -3.52. The van der Waals surface area contributed by atoms with Crippen LogP contribution in [0.2, 0.25) is 0 Å². The first-order chi connectivity index (χ1) is 9.44. The Kier molecular flexibility index (Phi) is 4.67. The molecule has 2 rings (SSSR count). The van der Waals surface area contributed by atoms with E-state index in [0.29, 0.717) is 34.9 Å². The summed E-state index contributed by atoms with van der Waals surface area (Å²) in [7, 11) is -1.95. The molecule has 5 nitrogen and oxygen atoms in total. The van der Waals surface area contributed by atoms with Crippen LogP contribution in [0.15, 0.2) is 17.0 Å². The highest BCUT2D eigenvalue weighted by Crippen LogP contribution is 2.25. The second-order valence-electron chi connectivity index (χ2n) is 5.08. The molecule has 112 valence electrons. The fourth-order valence-electron chi connectivity index (χ4n) is 2.53. The number of hydrogen-bond donors (Lipinski definition) is 1. The van der Waals surface area contributed by atoms with Crippen LogP contribution in [0.3, 0.4) is 0 Å². The first kappa shape index (κ1) is 15.3. The Morgan fingerprint density at radius 1 is 1.35 bits per heavy atom. The van der Waals surface area contributed by atoms with Gasteiger partial charge in [0.25, 0.3) is 0 Å². The summed E-state index contributed by atoms with van der Waals surface area (Å²) in [6, 6.07) is 3.46. The zero-order valence-corrected chi connectivity index (χ0v) is 12.9. The number of ether oxygens (including phenoxy) is 2. The van der Waals surface area contributed by atoms with Gasteiger partial charge in [-0.15, -0.1) is 0 Å². The second-order valence-corrected chi connectivity index (χ2v) is 6.78. The maximum absolute atomic E-state index is 12.4. The van der Waals surface area contributed by atoms with E-state index >= 15 is 0 Å². The van der Waals surface area contributed by atoms with Crippen molar-refractivity contribution in [3.8, 4) is 5.75 Å². The fourth-order valence-corrected chi connectivity index (χ4v) is 4.05. The molecule has 0 aromatic heterocycles. The van der Waals surface area contributed by atoms with Gasteiger partial charge in [0, 0.05) is 13.2 Å². The minimum absolute atomic E-state index is 0.0105. The van der Waals surface area contributed by atoms with Crippen molar-refractivity contribution in [1.29, 1.82) is 0 Å². The van der Waals surface area contributed by atoms with Crippen LogP contribution < -0.4 is 9.46 Å². The van der Waals surface area contributed by atoms with Gasteiger partial charge in [-0.05, 0) is 49.9 Å². The van der Waals surface area contributed by atoms with Gasteiger partial charge in [-0.2, -0.15) is 0 Å². The normalized spacial score (nSPS) is 19.2. The molecule has 20 heavy (non-hydrogen) atoms. The van der Waals surface area contributed by atoms with Gasteiger partial charge in [-0.1, -0.05) is 0 Å². The Morgan fingerprint density at radius 3 is 2.50 bits per heavy atom. The lowest BCUT2D eigenvalue weighted by Gasteiger charge is -2.15. The van der Waals surface area contributed by atoms with E-state index in [1.807, 2.05) is 0 Å². The number of rotatable bonds is 5. The standard InChI is InChI=1S/C14H21NO4S/c1-10-7-13(18-3)8-11(2)14(10)20(16,17)15-9-12-5-4-6-19-12/h7-8,12,15H,4-6,9H2,1-3H3/t12-/m0/s1. The molecule has 0 aliphatic carbocycles. The van der Waals surface area contributed by atoms with Crippen LogP contribution in [0.1, 0.15) is 24.0 Å². The summed E-state index contributed by atoms with van der Waals surface area (Å²) in [6.45, 7) is 4.59. The molecule has 1 atom stereocenters. The van der Waals surface area contributed by atoms with Gasteiger partial charge in [0.1, 0.15) is 5.75 Å². The van der Waals surface area contributed by atoms with E-state index in [2.05, 4.69) is 4.72 Å². The molecule has 1 aromatic carbocycles. The fraction of sp³-hybridized carbons (Fsp3) is 0.571. The SMILES string of the molecule is COc1cc(C)c(S(=O)(=O)NC[C@@H]2CCCO2)c(C)c1. The summed E-state index contributed by atoms with van der Waals surface area (Å²) >= 11 is 0. The van der Waals surface area contributed by atoms with Gasteiger partial charge >= 0.3 is 0 Å². The monoisotopic (exact) mass is 299 g/mol. The third kappa shape index (κ3) is 3.31. The van der Waals surface area contributed by atoms with E-state index in [-0.39, 0.29) is 6.10 Å². The van der Waals surface area contributed by atoms with Crippen LogP contribution in [0, 0.1) is 13.8 Å². The van der Waals surface area contributed by atoms with Gasteiger partial charge < -0.3 is 9.47 Å². The highest BCUT2D eigenvalue weighted by Gasteiger charge is 2.23. The topological polar surface area (TPSA) is 64.6 Å². The van der Waals surface area contributed by atoms with Gasteiger partial charge in [-0.3, -0.25) is 0 Å². The zero-order valence-electron chi connectivity index (χ0n) is 12.1.